The molecule has 0 unspecified atom stereocenters. The number of pyridine rings is 1. The van der Waals surface area contributed by atoms with Gasteiger partial charge in [0, 0.05) is 25.9 Å². The van der Waals surface area contributed by atoms with E-state index in [1.165, 1.54) is 41.5 Å². The smallest absolute Gasteiger partial charge is 0.276 e. The molecular formula is C19H17FN4O2S. The molecule has 27 heavy (non-hydrogen) atoms. The molecule has 138 valence electrons. The van der Waals surface area contributed by atoms with E-state index in [-0.39, 0.29) is 11.2 Å². The van der Waals surface area contributed by atoms with Crippen molar-refractivity contribution in [3.05, 3.63) is 53.0 Å². The molecule has 0 fully saturated rings. The summed E-state index contributed by atoms with van der Waals surface area (Å²) in [6.45, 7) is 2.86. The lowest BCUT2D eigenvalue weighted by Gasteiger charge is -2.17. The SMILES string of the molecule is CCN(C)c1ccnc2sc3c(=O)n(-c4ccc(OC)cc4F)cnc3c12. The maximum Gasteiger partial charge on any atom is 0.276 e. The summed E-state index contributed by atoms with van der Waals surface area (Å²) in [5.41, 5.74) is 1.37. The third-order valence-electron chi connectivity index (χ3n) is 4.56. The number of thiophene rings is 1. The lowest BCUT2D eigenvalue weighted by molar-refractivity contribution is 0.411. The summed E-state index contributed by atoms with van der Waals surface area (Å²) < 4.78 is 21.1. The highest BCUT2D eigenvalue weighted by Crippen LogP contribution is 2.35. The van der Waals surface area contributed by atoms with Crippen LogP contribution in [0.5, 0.6) is 5.75 Å². The van der Waals surface area contributed by atoms with Crippen LogP contribution in [-0.2, 0) is 0 Å². The molecule has 0 saturated carbocycles. The lowest BCUT2D eigenvalue weighted by Crippen LogP contribution is -2.19. The minimum Gasteiger partial charge on any atom is -0.497 e. The molecule has 0 atom stereocenters. The normalized spacial score (nSPS) is 11.3. The summed E-state index contributed by atoms with van der Waals surface area (Å²) >= 11 is 1.27. The average molecular weight is 384 g/mol. The molecule has 1 aromatic carbocycles. The van der Waals surface area contributed by atoms with Crippen molar-refractivity contribution in [2.45, 2.75) is 6.92 Å². The van der Waals surface area contributed by atoms with Crippen LogP contribution in [0, 0.1) is 5.82 Å². The number of hydrogen-bond donors (Lipinski definition) is 0. The van der Waals surface area contributed by atoms with E-state index >= 15 is 0 Å². The van der Waals surface area contributed by atoms with Crippen molar-refractivity contribution in [3.63, 3.8) is 0 Å². The van der Waals surface area contributed by atoms with Gasteiger partial charge in [0.15, 0.2) is 5.82 Å². The van der Waals surface area contributed by atoms with Crippen molar-refractivity contribution in [3.8, 4) is 11.4 Å². The second kappa shape index (κ2) is 6.62. The van der Waals surface area contributed by atoms with Crippen LogP contribution in [0.2, 0.25) is 0 Å². The fourth-order valence-corrected chi connectivity index (χ4v) is 4.05. The Labute approximate surface area is 158 Å². The van der Waals surface area contributed by atoms with Gasteiger partial charge >= 0.3 is 0 Å². The molecule has 6 nitrogen and oxygen atoms in total. The number of halogens is 1. The van der Waals surface area contributed by atoms with Gasteiger partial charge in [0.2, 0.25) is 0 Å². The van der Waals surface area contributed by atoms with Gasteiger partial charge in [0.05, 0.1) is 23.9 Å². The molecule has 3 aromatic heterocycles. The van der Waals surface area contributed by atoms with Crippen LogP contribution < -0.4 is 15.2 Å². The molecule has 0 radical (unpaired) electrons. The van der Waals surface area contributed by atoms with Gasteiger partial charge in [-0.2, -0.15) is 0 Å². The molecule has 0 aliphatic heterocycles. The zero-order valence-corrected chi connectivity index (χ0v) is 15.9. The van der Waals surface area contributed by atoms with E-state index in [2.05, 4.69) is 14.9 Å². The van der Waals surface area contributed by atoms with Crippen LogP contribution in [0.3, 0.4) is 0 Å². The number of benzene rings is 1. The van der Waals surface area contributed by atoms with Crippen molar-refractivity contribution in [2.24, 2.45) is 0 Å². The minimum atomic E-state index is -0.553. The number of anilines is 1. The summed E-state index contributed by atoms with van der Waals surface area (Å²) in [7, 11) is 3.44. The van der Waals surface area contributed by atoms with E-state index in [1.54, 1.807) is 12.3 Å². The van der Waals surface area contributed by atoms with Gasteiger partial charge < -0.3 is 9.64 Å². The van der Waals surface area contributed by atoms with E-state index in [4.69, 9.17) is 4.74 Å². The Morgan fingerprint density at radius 3 is 2.81 bits per heavy atom. The molecule has 0 aliphatic carbocycles. The Balaban J connectivity index is 1.99. The quantitative estimate of drug-likeness (QED) is 0.538. The summed E-state index contributed by atoms with van der Waals surface area (Å²) in [4.78, 5) is 24.7. The number of nitrogens with zero attached hydrogens (tertiary/aromatic N) is 4. The Hall–Kier alpha value is -3.00. The number of aromatic nitrogens is 3. The standard InChI is InChI=1S/C19H17FN4O2S/c1-4-23(2)14-7-8-21-18-15(14)16-17(27-18)19(25)24(10-22-16)13-6-5-11(26-3)9-12(13)20/h5-10H,4H2,1-3H3. The Morgan fingerprint density at radius 1 is 1.30 bits per heavy atom. The topological polar surface area (TPSA) is 60.2 Å². The lowest BCUT2D eigenvalue weighted by atomic mass is 10.2. The summed E-state index contributed by atoms with van der Waals surface area (Å²) in [5.74, 6) is -0.167. The molecule has 0 N–H and O–H groups in total. The molecule has 0 saturated heterocycles. The van der Waals surface area contributed by atoms with Crippen molar-refractivity contribution in [1.29, 1.82) is 0 Å². The Kier molecular flexibility index (Phi) is 4.27. The van der Waals surface area contributed by atoms with Crippen molar-refractivity contribution in [1.82, 2.24) is 14.5 Å². The molecular weight excluding hydrogens is 367 g/mol. The number of rotatable bonds is 4. The van der Waals surface area contributed by atoms with Gasteiger partial charge in [-0.05, 0) is 25.1 Å². The summed E-state index contributed by atoms with van der Waals surface area (Å²) in [6.07, 6.45) is 3.09. The van der Waals surface area contributed by atoms with E-state index in [0.29, 0.717) is 16.0 Å². The monoisotopic (exact) mass is 384 g/mol. The van der Waals surface area contributed by atoms with E-state index in [1.807, 2.05) is 20.0 Å². The van der Waals surface area contributed by atoms with Gasteiger partial charge in [-0.1, -0.05) is 0 Å². The second-order valence-electron chi connectivity index (χ2n) is 6.04. The first-order valence-corrected chi connectivity index (χ1v) is 9.20. The summed E-state index contributed by atoms with van der Waals surface area (Å²) in [6, 6.07) is 6.27. The van der Waals surface area contributed by atoms with Crippen molar-refractivity contribution in [2.75, 3.05) is 25.6 Å². The molecule has 0 aliphatic rings. The number of methoxy groups -OCH3 is 1. The van der Waals surface area contributed by atoms with Crippen LogP contribution in [0.4, 0.5) is 10.1 Å². The van der Waals surface area contributed by atoms with Gasteiger partial charge in [-0.15, -0.1) is 11.3 Å². The Bertz CT molecular complexity index is 1220. The minimum absolute atomic E-state index is 0.131. The number of hydrogen-bond acceptors (Lipinski definition) is 6. The average Bonchev–Trinajstić information content (AvgIpc) is 3.07. The largest absolute Gasteiger partial charge is 0.497 e. The van der Waals surface area contributed by atoms with Crippen LogP contribution >= 0.6 is 11.3 Å². The van der Waals surface area contributed by atoms with Crippen LogP contribution in [0.25, 0.3) is 26.1 Å². The third kappa shape index (κ3) is 2.73. The van der Waals surface area contributed by atoms with Crippen LogP contribution in [0.1, 0.15) is 6.92 Å². The van der Waals surface area contributed by atoms with Crippen molar-refractivity contribution >= 4 is 37.5 Å². The zero-order chi connectivity index (χ0) is 19.1. The predicted molar refractivity (Wildman–Crippen MR) is 106 cm³/mol. The maximum absolute atomic E-state index is 14.4. The molecule has 0 spiro atoms. The molecule has 4 aromatic rings. The highest BCUT2D eigenvalue weighted by molar-refractivity contribution is 7.25. The first-order valence-electron chi connectivity index (χ1n) is 8.39. The van der Waals surface area contributed by atoms with Crippen molar-refractivity contribution < 1.29 is 9.13 Å². The highest BCUT2D eigenvalue weighted by atomic mass is 32.1. The fraction of sp³-hybridized carbons (Fsp3) is 0.211. The molecule has 8 heteroatoms. The Morgan fingerprint density at radius 2 is 2.11 bits per heavy atom. The third-order valence-corrected chi connectivity index (χ3v) is 5.64. The second-order valence-corrected chi connectivity index (χ2v) is 7.04. The summed E-state index contributed by atoms with van der Waals surface area (Å²) in [5, 5.41) is 0.848. The number of ether oxygens (including phenoxy) is 1. The van der Waals surface area contributed by atoms with Gasteiger partial charge in [-0.25, -0.2) is 14.4 Å². The van der Waals surface area contributed by atoms with Crippen LogP contribution in [0.15, 0.2) is 41.6 Å². The fourth-order valence-electron chi connectivity index (χ4n) is 3.01. The van der Waals surface area contributed by atoms with E-state index in [9.17, 15) is 9.18 Å². The molecule has 4 rings (SSSR count). The molecule has 0 bridgehead atoms. The predicted octanol–water partition coefficient (Wildman–Crippen LogP) is 3.60. The highest BCUT2D eigenvalue weighted by Gasteiger charge is 2.18. The van der Waals surface area contributed by atoms with E-state index in [0.717, 1.165) is 22.4 Å². The van der Waals surface area contributed by atoms with Crippen LogP contribution in [-0.4, -0.2) is 35.2 Å². The van der Waals surface area contributed by atoms with Gasteiger partial charge in [0.25, 0.3) is 5.56 Å². The first kappa shape index (κ1) is 17.4. The molecule has 0 amide bonds. The maximum atomic E-state index is 14.4. The number of fused-ring (bicyclic) bond motifs is 3. The van der Waals surface area contributed by atoms with Gasteiger partial charge in [-0.3, -0.25) is 9.36 Å². The van der Waals surface area contributed by atoms with Gasteiger partial charge in [0.1, 0.15) is 27.1 Å². The van der Waals surface area contributed by atoms with E-state index < -0.39 is 5.82 Å². The first-order chi connectivity index (χ1) is 13.0. The molecule has 3 heterocycles. The zero-order valence-electron chi connectivity index (χ0n) is 15.1.